The minimum Gasteiger partial charge on any atom is -0.423 e. The zero-order valence-corrected chi connectivity index (χ0v) is 15.1. The van der Waals surface area contributed by atoms with Crippen molar-refractivity contribution in [2.75, 3.05) is 31.1 Å². The maximum absolute atomic E-state index is 12.8. The Morgan fingerprint density at radius 3 is 2.44 bits per heavy atom. The average Bonchev–Trinajstić information content (AvgIpc) is 3.13. The minimum atomic E-state index is -0.518. The van der Waals surface area contributed by atoms with E-state index in [4.69, 9.17) is 4.42 Å². The minimum absolute atomic E-state index is 0.0958. The van der Waals surface area contributed by atoms with E-state index < -0.39 is 11.2 Å². The molecular weight excluding hydrogens is 350 g/mol. The van der Waals surface area contributed by atoms with Gasteiger partial charge in [0.2, 0.25) is 0 Å². The van der Waals surface area contributed by atoms with Gasteiger partial charge in [-0.1, -0.05) is 12.1 Å². The van der Waals surface area contributed by atoms with E-state index in [1.54, 1.807) is 4.90 Å². The summed E-state index contributed by atoms with van der Waals surface area (Å²) in [5.74, 6) is -0.329. The van der Waals surface area contributed by atoms with Crippen LogP contribution in [-0.2, 0) is 14.1 Å². The third-order valence-electron chi connectivity index (χ3n) is 4.87. The van der Waals surface area contributed by atoms with Gasteiger partial charge in [0.15, 0.2) is 5.58 Å². The second kappa shape index (κ2) is 6.42. The lowest BCUT2D eigenvalue weighted by atomic mass is 10.2. The Labute approximate surface area is 154 Å². The molecular formula is C18H19N5O4. The van der Waals surface area contributed by atoms with Crippen LogP contribution in [0, 0.1) is 0 Å². The number of oxazole rings is 1. The number of carbonyl (C=O) groups is 1. The molecule has 0 aliphatic carbocycles. The second-order valence-electron chi connectivity index (χ2n) is 6.51. The third-order valence-corrected chi connectivity index (χ3v) is 4.87. The molecule has 0 atom stereocenters. The lowest BCUT2D eigenvalue weighted by molar-refractivity contribution is 0.0733. The van der Waals surface area contributed by atoms with Gasteiger partial charge in [-0.3, -0.25) is 18.7 Å². The number of hydrogen-bond donors (Lipinski definition) is 0. The number of carbonyl (C=O) groups excluding carboxylic acids is 1. The van der Waals surface area contributed by atoms with Crippen LogP contribution in [0.1, 0.15) is 10.5 Å². The van der Waals surface area contributed by atoms with Crippen LogP contribution in [0.5, 0.6) is 0 Å². The van der Waals surface area contributed by atoms with Crippen LogP contribution in [-0.4, -0.2) is 51.1 Å². The molecule has 1 saturated heterocycles. The Kier molecular flexibility index (Phi) is 4.06. The highest BCUT2D eigenvalue weighted by Crippen LogP contribution is 2.22. The molecule has 9 nitrogen and oxygen atoms in total. The predicted molar refractivity (Wildman–Crippen MR) is 99.0 cm³/mol. The van der Waals surface area contributed by atoms with E-state index in [1.807, 2.05) is 29.2 Å². The SMILES string of the molecule is Cn1c(C(=O)N2CCN(c3nc4ccccc4o3)CC2)cc(=O)n(C)c1=O. The summed E-state index contributed by atoms with van der Waals surface area (Å²) in [6.45, 7) is 2.00. The number of amides is 1. The summed E-state index contributed by atoms with van der Waals surface area (Å²) in [4.78, 5) is 44.8. The molecule has 0 radical (unpaired) electrons. The van der Waals surface area contributed by atoms with Gasteiger partial charge in [0.1, 0.15) is 11.2 Å². The number of anilines is 1. The molecule has 140 valence electrons. The summed E-state index contributed by atoms with van der Waals surface area (Å²) < 4.78 is 7.95. The van der Waals surface area contributed by atoms with Crippen molar-refractivity contribution < 1.29 is 9.21 Å². The van der Waals surface area contributed by atoms with Crippen LogP contribution in [0.2, 0.25) is 0 Å². The first-order valence-corrected chi connectivity index (χ1v) is 8.62. The second-order valence-corrected chi connectivity index (χ2v) is 6.51. The molecule has 1 aromatic carbocycles. The standard InChI is InChI=1S/C18H19N5O4/c1-20-13(11-15(24)21(2)18(20)26)16(25)22-7-9-23(10-8-22)17-19-12-5-3-4-6-14(12)27-17/h3-6,11H,7-10H2,1-2H3. The van der Waals surface area contributed by atoms with Gasteiger partial charge in [-0.05, 0) is 12.1 Å². The first-order chi connectivity index (χ1) is 13.0. The quantitative estimate of drug-likeness (QED) is 0.640. The van der Waals surface area contributed by atoms with Gasteiger partial charge in [-0.25, -0.2) is 4.79 Å². The molecule has 3 heterocycles. The number of aromatic nitrogens is 3. The van der Waals surface area contributed by atoms with Crippen LogP contribution in [0.3, 0.4) is 0 Å². The average molecular weight is 369 g/mol. The van der Waals surface area contributed by atoms with Crippen LogP contribution in [0.15, 0.2) is 44.3 Å². The summed E-state index contributed by atoms with van der Waals surface area (Å²) >= 11 is 0. The molecule has 1 fully saturated rings. The van der Waals surface area contributed by atoms with Crippen molar-refractivity contribution in [1.82, 2.24) is 19.0 Å². The van der Waals surface area contributed by atoms with Gasteiger partial charge in [0, 0.05) is 46.3 Å². The van der Waals surface area contributed by atoms with E-state index in [-0.39, 0.29) is 11.6 Å². The fourth-order valence-electron chi connectivity index (χ4n) is 3.20. The Morgan fingerprint density at radius 2 is 1.74 bits per heavy atom. The van der Waals surface area contributed by atoms with Crippen LogP contribution in [0.4, 0.5) is 6.01 Å². The molecule has 27 heavy (non-hydrogen) atoms. The summed E-state index contributed by atoms with van der Waals surface area (Å²) in [5.41, 5.74) is 0.600. The fraction of sp³-hybridized carbons (Fsp3) is 0.333. The number of nitrogens with zero attached hydrogens (tertiary/aromatic N) is 5. The van der Waals surface area contributed by atoms with E-state index >= 15 is 0 Å². The first-order valence-electron chi connectivity index (χ1n) is 8.62. The van der Waals surface area contributed by atoms with Crippen LogP contribution >= 0.6 is 0 Å². The molecule has 0 bridgehead atoms. The molecule has 9 heteroatoms. The number of rotatable bonds is 2. The summed E-state index contributed by atoms with van der Waals surface area (Å²) in [5, 5.41) is 0. The van der Waals surface area contributed by atoms with E-state index in [1.165, 1.54) is 24.7 Å². The van der Waals surface area contributed by atoms with Crippen LogP contribution < -0.4 is 16.1 Å². The lowest BCUT2D eigenvalue weighted by Crippen LogP contribution is -2.50. The Balaban J connectivity index is 1.51. The maximum Gasteiger partial charge on any atom is 0.331 e. The molecule has 2 aromatic heterocycles. The highest BCUT2D eigenvalue weighted by molar-refractivity contribution is 5.92. The molecule has 1 amide bonds. The first kappa shape index (κ1) is 17.1. The highest BCUT2D eigenvalue weighted by atomic mass is 16.4. The summed E-state index contributed by atoms with van der Waals surface area (Å²) in [6, 6.07) is 9.28. The van der Waals surface area contributed by atoms with Gasteiger partial charge in [0.05, 0.1) is 0 Å². The Hall–Kier alpha value is -3.36. The third kappa shape index (κ3) is 2.90. The topological polar surface area (TPSA) is 93.6 Å². The van der Waals surface area contributed by atoms with Gasteiger partial charge in [-0.2, -0.15) is 4.98 Å². The van der Waals surface area contributed by atoms with Gasteiger partial charge < -0.3 is 14.2 Å². The van der Waals surface area contributed by atoms with Gasteiger partial charge in [0.25, 0.3) is 17.5 Å². The van der Waals surface area contributed by atoms with E-state index in [2.05, 4.69) is 4.98 Å². The summed E-state index contributed by atoms with van der Waals surface area (Å²) in [7, 11) is 2.88. The van der Waals surface area contributed by atoms with E-state index in [0.29, 0.717) is 32.2 Å². The smallest absolute Gasteiger partial charge is 0.331 e. The molecule has 0 saturated carbocycles. The normalized spacial score (nSPS) is 14.7. The number of fused-ring (bicyclic) bond motifs is 1. The highest BCUT2D eigenvalue weighted by Gasteiger charge is 2.26. The molecule has 1 aliphatic rings. The largest absolute Gasteiger partial charge is 0.423 e. The molecule has 4 rings (SSSR count). The van der Waals surface area contributed by atoms with Gasteiger partial charge in [-0.15, -0.1) is 0 Å². The fourth-order valence-corrected chi connectivity index (χ4v) is 3.20. The van der Waals surface area contributed by atoms with Crippen molar-refractivity contribution in [3.63, 3.8) is 0 Å². The van der Waals surface area contributed by atoms with Crippen molar-refractivity contribution in [3.05, 3.63) is 56.9 Å². The van der Waals surface area contributed by atoms with Crippen molar-refractivity contribution in [1.29, 1.82) is 0 Å². The molecule has 0 N–H and O–H groups in total. The van der Waals surface area contributed by atoms with E-state index in [9.17, 15) is 14.4 Å². The van der Waals surface area contributed by atoms with Gasteiger partial charge >= 0.3 is 5.69 Å². The van der Waals surface area contributed by atoms with Crippen molar-refractivity contribution in [2.45, 2.75) is 0 Å². The van der Waals surface area contributed by atoms with Crippen LogP contribution in [0.25, 0.3) is 11.1 Å². The molecule has 3 aromatic rings. The molecule has 0 unspecified atom stereocenters. The lowest BCUT2D eigenvalue weighted by Gasteiger charge is -2.34. The predicted octanol–water partition coefficient (Wildman–Crippen LogP) is 0.188. The number of hydrogen-bond acceptors (Lipinski definition) is 6. The van der Waals surface area contributed by atoms with Crippen molar-refractivity contribution >= 4 is 23.0 Å². The maximum atomic E-state index is 12.8. The number of para-hydroxylation sites is 2. The monoisotopic (exact) mass is 369 g/mol. The van der Waals surface area contributed by atoms with Crippen molar-refractivity contribution in [2.24, 2.45) is 14.1 Å². The van der Waals surface area contributed by atoms with E-state index in [0.717, 1.165) is 15.7 Å². The zero-order valence-electron chi connectivity index (χ0n) is 15.1. The summed E-state index contributed by atoms with van der Waals surface area (Å²) in [6.07, 6.45) is 0. The number of benzene rings is 1. The molecule has 1 aliphatic heterocycles. The Morgan fingerprint density at radius 1 is 1.04 bits per heavy atom. The number of piperazine rings is 1. The molecule has 0 spiro atoms. The zero-order chi connectivity index (χ0) is 19.1. The van der Waals surface area contributed by atoms with Crippen molar-refractivity contribution in [3.8, 4) is 0 Å². The Bertz CT molecular complexity index is 1100.